The third-order valence-electron chi connectivity index (χ3n) is 11.7. The van der Waals surface area contributed by atoms with Crippen LogP contribution in [0.1, 0.15) is 63.5 Å². The van der Waals surface area contributed by atoms with E-state index in [-0.39, 0.29) is 47.6 Å². The highest BCUT2D eigenvalue weighted by molar-refractivity contribution is 7.89. The summed E-state index contributed by atoms with van der Waals surface area (Å²) in [6, 6.07) is 37.0. The number of rotatable bonds is 21. The number of carboxylic acid groups (broad SMARTS) is 1. The number of sulfonamides is 1. The van der Waals surface area contributed by atoms with Gasteiger partial charge in [0, 0.05) is 50.6 Å². The molecule has 2 amide bonds. The number of imidazole rings is 1. The number of carbonyl (C=O) groups excluding carboxylic acids is 3. The summed E-state index contributed by atoms with van der Waals surface area (Å²) in [4.78, 5) is 60.8. The number of Topliss-reactive ketones (excluding diaryl/α,β-unsaturated/α-hetero) is 1. The number of nitrogens with zero attached hydrogens (tertiary/aromatic N) is 3. The zero-order valence-electron chi connectivity index (χ0n) is 37.9. The van der Waals surface area contributed by atoms with Crippen LogP contribution in [0.25, 0.3) is 0 Å². The molecule has 0 spiro atoms. The minimum atomic E-state index is -4.44. The summed E-state index contributed by atoms with van der Waals surface area (Å²) in [7, 11) is -4.44. The van der Waals surface area contributed by atoms with Gasteiger partial charge in [-0.2, -0.15) is 4.72 Å². The molecule has 0 saturated heterocycles. The van der Waals surface area contributed by atoms with Gasteiger partial charge in [-0.1, -0.05) is 97.1 Å². The lowest BCUT2D eigenvalue weighted by molar-refractivity contribution is -0.138. The molecule has 0 fully saturated rings. The van der Waals surface area contributed by atoms with Crippen molar-refractivity contribution < 1.29 is 37.4 Å². The Morgan fingerprint density at radius 1 is 0.868 bits per heavy atom. The van der Waals surface area contributed by atoms with Crippen molar-refractivity contribution in [3.63, 3.8) is 0 Å². The van der Waals surface area contributed by atoms with Crippen molar-refractivity contribution in [3.8, 4) is 5.75 Å². The second-order valence-corrected chi connectivity index (χ2v) is 18.1. The molecule has 1 aromatic heterocycles. The number of nitrogens with two attached hydrogens (primary N) is 1. The van der Waals surface area contributed by atoms with Gasteiger partial charge >= 0.3 is 5.97 Å². The molecule has 16 nitrogen and oxygen atoms in total. The maximum atomic E-state index is 13.7. The molecule has 0 radical (unpaired) electrons. The molecule has 0 aliphatic carbocycles. The standard InChI is InChI=1S/C51H54N8O8S/c1-33-28-40(67-27-13-20-44(60)53-24-23-52)29-34(2)47(33)68(65,66)58-43(49(63)64)32-55-48(62)45-35(3)46(61)41-22-21-36(30-42(41)57-45)31-56-50-54-25-26-59(50)51(37-14-7-4-8-15-37,38-16-9-5-10-17-38)39-18-11-6-12-19-39/h4-12,14-19,21-22,25-26,28-30,35,43,58H,13,20,23-24,27,31-32,52H2,1-3H3,(H,53,60)(H,54,56)(H,55,62)(H,63,64)/t35-,43-/m0/s1. The van der Waals surface area contributed by atoms with Crippen LogP contribution in [0.4, 0.5) is 11.6 Å². The van der Waals surface area contributed by atoms with E-state index in [4.69, 9.17) is 15.5 Å². The SMILES string of the molecule is Cc1cc(OCCCC(=O)NCCN)cc(C)c1S(=O)(=O)N[C@@H](CNC(=O)C1=Nc2cc(CNc3nccn3C(c3ccccc3)(c3ccccc3)c3ccccc3)ccc2C(=O)[C@H]1C)C(=O)O. The van der Waals surface area contributed by atoms with Crippen molar-refractivity contribution in [2.24, 2.45) is 16.6 Å². The number of hydrogen-bond acceptors (Lipinski definition) is 11. The highest BCUT2D eigenvalue weighted by Gasteiger charge is 2.40. The largest absolute Gasteiger partial charge is 0.494 e. The molecule has 1 aliphatic rings. The Hall–Kier alpha value is -7.47. The Morgan fingerprint density at radius 2 is 1.47 bits per heavy atom. The number of aryl methyl sites for hydroxylation is 2. The van der Waals surface area contributed by atoms with Gasteiger partial charge in [-0.3, -0.25) is 23.7 Å². The van der Waals surface area contributed by atoms with Crippen LogP contribution < -0.4 is 31.1 Å². The summed E-state index contributed by atoms with van der Waals surface area (Å²) in [5.41, 5.74) is 9.40. The van der Waals surface area contributed by atoms with Gasteiger partial charge in [0.1, 0.15) is 23.0 Å². The van der Waals surface area contributed by atoms with E-state index in [1.165, 1.54) is 19.1 Å². The highest BCUT2D eigenvalue weighted by Crippen LogP contribution is 2.42. The molecule has 68 heavy (non-hydrogen) atoms. The van der Waals surface area contributed by atoms with Crippen molar-refractivity contribution in [2.45, 2.75) is 56.6 Å². The molecule has 0 saturated carbocycles. The van der Waals surface area contributed by atoms with Gasteiger partial charge in [-0.15, -0.1) is 0 Å². The van der Waals surface area contributed by atoms with E-state index in [1.807, 2.05) is 66.9 Å². The van der Waals surface area contributed by atoms with E-state index in [0.29, 0.717) is 47.9 Å². The van der Waals surface area contributed by atoms with Crippen LogP contribution in [0.2, 0.25) is 0 Å². The molecule has 2 heterocycles. The molecule has 17 heteroatoms. The number of aromatic nitrogens is 2. The first-order valence-electron chi connectivity index (χ1n) is 22.2. The summed E-state index contributed by atoms with van der Waals surface area (Å²) >= 11 is 0. The van der Waals surface area contributed by atoms with Gasteiger partial charge in [-0.05, 0) is 84.8 Å². The van der Waals surface area contributed by atoms with Gasteiger partial charge < -0.3 is 31.5 Å². The number of nitrogens with one attached hydrogen (secondary N) is 4. The van der Waals surface area contributed by atoms with Crippen LogP contribution in [-0.4, -0.2) is 84.6 Å². The van der Waals surface area contributed by atoms with E-state index >= 15 is 0 Å². The number of amides is 2. The van der Waals surface area contributed by atoms with E-state index < -0.39 is 45.9 Å². The van der Waals surface area contributed by atoms with Crippen LogP contribution in [-0.2, 0) is 36.5 Å². The Morgan fingerprint density at radius 3 is 2.04 bits per heavy atom. The molecular formula is C51H54N8O8S. The normalized spacial score (nSPS) is 14.0. The summed E-state index contributed by atoms with van der Waals surface area (Å²) in [6.45, 7) is 5.17. The van der Waals surface area contributed by atoms with Crippen molar-refractivity contribution in [3.05, 3.63) is 173 Å². The molecule has 6 aromatic rings. The summed E-state index contributed by atoms with van der Waals surface area (Å²) in [6.07, 6.45) is 4.32. The van der Waals surface area contributed by atoms with E-state index in [0.717, 1.165) is 22.3 Å². The molecule has 5 aromatic carbocycles. The lowest BCUT2D eigenvalue weighted by atomic mass is 9.76. The average molecular weight is 939 g/mol. The molecule has 7 rings (SSSR count). The molecule has 0 unspecified atom stereocenters. The van der Waals surface area contributed by atoms with E-state index in [1.54, 1.807) is 32.2 Å². The predicted octanol–water partition coefficient (Wildman–Crippen LogP) is 5.64. The van der Waals surface area contributed by atoms with Gasteiger partial charge in [0.2, 0.25) is 21.9 Å². The topological polar surface area (TPSA) is 236 Å². The number of anilines is 1. The van der Waals surface area contributed by atoms with Crippen LogP contribution in [0.3, 0.4) is 0 Å². The van der Waals surface area contributed by atoms with Crippen LogP contribution >= 0.6 is 0 Å². The quantitative estimate of drug-likeness (QED) is 0.0382. The number of aliphatic carboxylic acids is 1. The number of benzene rings is 5. The number of aliphatic imine (C=N–C) groups is 1. The number of fused-ring (bicyclic) bond motifs is 1. The third kappa shape index (κ3) is 10.5. The first-order valence-corrected chi connectivity index (χ1v) is 23.7. The first-order chi connectivity index (χ1) is 32.7. The molecule has 1 aliphatic heterocycles. The molecule has 0 bridgehead atoms. The molecule has 2 atom stereocenters. The minimum Gasteiger partial charge on any atom is -0.494 e. The maximum absolute atomic E-state index is 13.7. The monoisotopic (exact) mass is 938 g/mol. The lowest BCUT2D eigenvalue weighted by Gasteiger charge is -2.38. The Kier molecular flexibility index (Phi) is 15.3. The Bertz CT molecular complexity index is 2810. The van der Waals surface area contributed by atoms with Crippen molar-refractivity contribution in [1.82, 2.24) is 24.9 Å². The van der Waals surface area contributed by atoms with Crippen LogP contribution in [0.15, 0.2) is 144 Å². The fourth-order valence-corrected chi connectivity index (χ4v) is 10.2. The fourth-order valence-electron chi connectivity index (χ4n) is 8.51. The van der Waals surface area contributed by atoms with Gasteiger partial charge in [-0.25, -0.2) is 18.4 Å². The summed E-state index contributed by atoms with van der Waals surface area (Å²) in [5, 5.41) is 18.7. The van der Waals surface area contributed by atoms with Gasteiger partial charge in [0.15, 0.2) is 5.78 Å². The second kappa shape index (κ2) is 21.4. The third-order valence-corrected chi connectivity index (χ3v) is 13.5. The Balaban J connectivity index is 1.06. The van der Waals surface area contributed by atoms with E-state index in [9.17, 15) is 32.7 Å². The number of ketones is 1. The second-order valence-electron chi connectivity index (χ2n) is 16.4. The maximum Gasteiger partial charge on any atom is 0.323 e. The zero-order valence-corrected chi connectivity index (χ0v) is 38.8. The Labute approximate surface area is 395 Å². The van der Waals surface area contributed by atoms with E-state index in [2.05, 4.69) is 66.6 Å². The predicted molar refractivity (Wildman–Crippen MR) is 259 cm³/mol. The van der Waals surface area contributed by atoms with Crippen molar-refractivity contribution in [1.29, 1.82) is 0 Å². The zero-order chi connectivity index (χ0) is 48.4. The van der Waals surface area contributed by atoms with Crippen LogP contribution in [0, 0.1) is 19.8 Å². The molecule has 7 N–H and O–H groups in total. The first kappa shape index (κ1) is 48.5. The summed E-state index contributed by atoms with van der Waals surface area (Å²) in [5.74, 6) is -2.89. The number of ether oxygens (including phenoxy) is 1. The van der Waals surface area contributed by atoms with Crippen LogP contribution in [0.5, 0.6) is 5.75 Å². The number of hydrogen-bond donors (Lipinski definition) is 6. The minimum absolute atomic E-state index is 0.145. The average Bonchev–Trinajstić information content (AvgIpc) is 3.81. The number of carbonyl (C=O) groups is 4. The van der Waals surface area contributed by atoms with Gasteiger partial charge in [0.25, 0.3) is 5.91 Å². The van der Waals surface area contributed by atoms with Gasteiger partial charge in [0.05, 0.1) is 23.1 Å². The summed E-state index contributed by atoms with van der Waals surface area (Å²) < 4.78 is 37.4. The van der Waals surface area contributed by atoms with Crippen molar-refractivity contribution >= 4 is 50.9 Å². The number of carboxylic acids is 1. The fraction of sp³-hybridized carbons (Fsp3) is 0.255. The highest BCUT2D eigenvalue weighted by atomic mass is 32.2. The lowest BCUT2D eigenvalue weighted by Crippen LogP contribution is -2.50. The molecule has 352 valence electrons. The van der Waals surface area contributed by atoms with Crippen molar-refractivity contribution in [2.75, 3.05) is 31.6 Å². The smallest absolute Gasteiger partial charge is 0.323 e. The molecular weight excluding hydrogens is 885 g/mol.